The largest absolute Gasteiger partial charge is 0.497 e. The minimum absolute atomic E-state index is 0.137. The molecule has 8 heteroatoms. The van der Waals surface area contributed by atoms with Crippen molar-refractivity contribution < 1.29 is 19.2 Å². The van der Waals surface area contributed by atoms with E-state index in [0.29, 0.717) is 17.1 Å². The third kappa shape index (κ3) is 3.90. The number of nitrogens with zero attached hydrogens (tertiary/aromatic N) is 2. The summed E-state index contributed by atoms with van der Waals surface area (Å²) >= 11 is 0. The molecular formula is C20H17N3O5. The number of non-ortho nitro benzene ring substituents is 1. The van der Waals surface area contributed by atoms with E-state index in [-0.39, 0.29) is 11.3 Å². The van der Waals surface area contributed by atoms with Crippen LogP contribution in [0.4, 0.5) is 5.69 Å². The summed E-state index contributed by atoms with van der Waals surface area (Å²) in [6.45, 7) is 0. The fourth-order valence-corrected chi connectivity index (χ4v) is 2.72. The first kappa shape index (κ1) is 18.8. The summed E-state index contributed by atoms with van der Waals surface area (Å²) in [6, 6.07) is 14.7. The molecule has 3 rings (SSSR count). The molecule has 0 aliphatic heterocycles. The Balaban J connectivity index is 1.89. The van der Waals surface area contributed by atoms with Crippen LogP contribution in [0.1, 0.15) is 15.9 Å². The summed E-state index contributed by atoms with van der Waals surface area (Å²) in [4.78, 5) is 22.5. The SMILES string of the molecule is COc1ccc2ccc(OC)c(/C=N/NC(=O)c3cccc([N+](=O)[O-])c3)c2c1. The monoisotopic (exact) mass is 379 g/mol. The van der Waals surface area contributed by atoms with Gasteiger partial charge in [0.2, 0.25) is 0 Å². The lowest BCUT2D eigenvalue weighted by Crippen LogP contribution is -2.17. The van der Waals surface area contributed by atoms with Gasteiger partial charge in [-0.15, -0.1) is 0 Å². The van der Waals surface area contributed by atoms with Gasteiger partial charge in [-0.1, -0.05) is 18.2 Å². The number of ether oxygens (including phenoxy) is 2. The van der Waals surface area contributed by atoms with Crippen molar-refractivity contribution in [2.45, 2.75) is 0 Å². The van der Waals surface area contributed by atoms with Gasteiger partial charge in [0, 0.05) is 23.3 Å². The van der Waals surface area contributed by atoms with Crippen molar-refractivity contribution in [3.63, 3.8) is 0 Å². The van der Waals surface area contributed by atoms with Gasteiger partial charge in [0.1, 0.15) is 11.5 Å². The average molecular weight is 379 g/mol. The first-order chi connectivity index (χ1) is 13.5. The first-order valence-corrected chi connectivity index (χ1v) is 8.26. The van der Waals surface area contributed by atoms with Gasteiger partial charge in [0.15, 0.2) is 0 Å². The van der Waals surface area contributed by atoms with Crippen LogP contribution in [0.2, 0.25) is 0 Å². The number of fused-ring (bicyclic) bond motifs is 1. The smallest absolute Gasteiger partial charge is 0.271 e. The van der Waals surface area contributed by atoms with Gasteiger partial charge in [-0.3, -0.25) is 14.9 Å². The molecule has 28 heavy (non-hydrogen) atoms. The Morgan fingerprint density at radius 1 is 1.11 bits per heavy atom. The number of carbonyl (C=O) groups excluding carboxylic acids is 1. The van der Waals surface area contributed by atoms with Crippen LogP contribution in [0.25, 0.3) is 10.8 Å². The highest BCUT2D eigenvalue weighted by molar-refractivity contribution is 6.03. The van der Waals surface area contributed by atoms with Crippen molar-refractivity contribution in [1.29, 1.82) is 0 Å². The van der Waals surface area contributed by atoms with E-state index < -0.39 is 10.8 Å². The third-order valence-electron chi connectivity index (χ3n) is 4.13. The maximum atomic E-state index is 12.2. The molecule has 0 heterocycles. The number of hydrazone groups is 1. The van der Waals surface area contributed by atoms with Gasteiger partial charge in [0.05, 0.1) is 25.4 Å². The number of hydrogen-bond acceptors (Lipinski definition) is 6. The summed E-state index contributed by atoms with van der Waals surface area (Å²) in [5.41, 5.74) is 3.01. The van der Waals surface area contributed by atoms with Crippen LogP contribution in [0.3, 0.4) is 0 Å². The zero-order valence-corrected chi connectivity index (χ0v) is 15.2. The van der Waals surface area contributed by atoms with E-state index in [1.165, 1.54) is 30.5 Å². The molecule has 1 amide bonds. The molecule has 0 bridgehead atoms. The van der Waals surface area contributed by atoms with Crippen molar-refractivity contribution in [3.8, 4) is 11.5 Å². The number of benzene rings is 3. The van der Waals surface area contributed by atoms with E-state index in [2.05, 4.69) is 10.5 Å². The normalized spacial score (nSPS) is 10.8. The lowest BCUT2D eigenvalue weighted by atomic mass is 10.0. The van der Waals surface area contributed by atoms with Crippen LogP contribution in [0, 0.1) is 10.1 Å². The minimum Gasteiger partial charge on any atom is -0.497 e. The fourth-order valence-electron chi connectivity index (χ4n) is 2.72. The quantitative estimate of drug-likeness (QED) is 0.401. The predicted octanol–water partition coefficient (Wildman–Crippen LogP) is 3.53. The number of nitro groups is 1. The van der Waals surface area contributed by atoms with E-state index in [0.717, 1.165) is 10.8 Å². The highest BCUT2D eigenvalue weighted by Gasteiger charge is 2.11. The topological polar surface area (TPSA) is 103 Å². The van der Waals surface area contributed by atoms with Crippen LogP contribution >= 0.6 is 0 Å². The second kappa shape index (κ2) is 8.17. The molecule has 0 spiro atoms. The lowest BCUT2D eigenvalue weighted by molar-refractivity contribution is -0.384. The van der Waals surface area contributed by atoms with Crippen LogP contribution in [-0.2, 0) is 0 Å². The molecule has 0 saturated heterocycles. The zero-order chi connectivity index (χ0) is 20.1. The molecule has 3 aromatic carbocycles. The van der Waals surface area contributed by atoms with Gasteiger partial charge < -0.3 is 9.47 Å². The van der Waals surface area contributed by atoms with Crippen molar-refractivity contribution in [3.05, 3.63) is 75.8 Å². The Morgan fingerprint density at radius 3 is 2.61 bits per heavy atom. The number of nitrogens with one attached hydrogen (secondary N) is 1. The third-order valence-corrected chi connectivity index (χ3v) is 4.13. The Hall–Kier alpha value is -3.94. The Labute approximate surface area is 160 Å². The van der Waals surface area contributed by atoms with Gasteiger partial charge in [-0.25, -0.2) is 5.43 Å². The van der Waals surface area contributed by atoms with Crippen LogP contribution in [0.5, 0.6) is 11.5 Å². The average Bonchev–Trinajstić information content (AvgIpc) is 2.73. The predicted molar refractivity (Wildman–Crippen MR) is 105 cm³/mol. The van der Waals surface area contributed by atoms with Gasteiger partial charge in [0.25, 0.3) is 11.6 Å². The second-order valence-electron chi connectivity index (χ2n) is 5.78. The summed E-state index contributed by atoms with van der Waals surface area (Å²) in [5, 5.41) is 16.6. The molecule has 1 N–H and O–H groups in total. The van der Waals surface area contributed by atoms with Crippen molar-refractivity contribution in [2.75, 3.05) is 14.2 Å². The Bertz CT molecular complexity index is 1070. The molecule has 0 aliphatic carbocycles. The number of rotatable bonds is 6. The molecular weight excluding hydrogens is 362 g/mol. The number of methoxy groups -OCH3 is 2. The summed E-state index contributed by atoms with van der Waals surface area (Å²) < 4.78 is 10.7. The standard InChI is InChI=1S/C20H17N3O5/c1-27-16-8-6-13-7-9-19(28-2)18(17(13)11-16)12-21-22-20(24)14-4-3-5-15(10-14)23(25)26/h3-12H,1-2H3,(H,22,24)/b21-12+. The molecule has 0 radical (unpaired) electrons. The molecule has 8 nitrogen and oxygen atoms in total. The fraction of sp³-hybridized carbons (Fsp3) is 0.100. The number of carbonyl (C=O) groups is 1. The molecule has 3 aromatic rings. The van der Waals surface area contributed by atoms with Crippen molar-refractivity contribution >= 4 is 28.6 Å². The molecule has 0 aromatic heterocycles. The van der Waals surface area contributed by atoms with Gasteiger partial charge in [-0.2, -0.15) is 5.10 Å². The van der Waals surface area contributed by atoms with Crippen LogP contribution < -0.4 is 14.9 Å². The van der Waals surface area contributed by atoms with Gasteiger partial charge in [-0.05, 0) is 35.0 Å². The van der Waals surface area contributed by atoms with Gasteiger partial charge >= 0.3 is 0 Å². The molecule has 0 saturated carbocycles. The van der Waals surface area contributed by atoms with E-state index in [9.17, 15) is 14.9 Å². The molecule has 0 unspecified atom stereocenters. The highest BCUT2D eigenvalue weighted by Crippen LogP contribution is 2.29. The number of hydrogen-bond donors (Lipinski definition) is 1. The maximum Gasteiger partial charge on any atom is 0.271 e. The Morgan fingerprint density at radius 2 is 1.89 bits per heavy atom. The van der Waals surface area contributed by atoms with E-state index >= 15 is 0 Å². The van der Waals surface area contributed by atoms with E-state index in [1.54, 1.807) is 20.3 Å². The second-order valence-corrected chi connectivity index (χ2v) is 5.78. The molecule has 142 valence electrons. The van der Waals surface area contributed by atoms with E-state index in [4.69, 9.17) is 9.47 Å². The number of amides is 1. The molecule has 0 aliphatic rings. The molecule has 0 atom stereocenters. The highest BCUT2D eigenvalue weighted by atomic mass is 16.6. The zero-order valence-electron chi connectivity index (χ0n) is 15.2. The Kier molecular flexibility index (Phi) is 5.50. The molecule has 0 fully saturated rings. The number of nitro benzene ring substituents is 1. The van der Waals surface area contributed by atoms with E-state index in [1.807, 2.05) is 24.3 Å². The maximum absolute atomic E-state index is 12.2. The summed E-state index contributed by atoms with van der Waals surface area (Å²) in [6.07, 6.45) is 1.47. The lowest BCUT2D eigenvalue weighted by Gasteiger charge is -2.10. The summed E-state index contributed by atoms with van der Waals surface area (Å²) in [7, 11) is 3.12. The minimum atomic E-state index is -0.561. The first-order valence-electron chi connectivity index (χ1n) is 8.26. The van der Waals surface area contributed by atoms with Crippen LogP contribution in [0.15, 0.2) is 59.7 Å². The van der Waals surface area contributed by atoms with Crippen molar-refractivity contribution in [1.82, 2.24) is 5.43 Å². The summed E-state index contributed by atoms with van der Waals surface area (Å²) in [5.74, 6) is 0.696. The van der Waals surface area contributed by atoms with Crippen LogP contribution in [-0.4, -0.2) is 31.3 Å². The van der Waals surface area contributed by atoms with Crippen molar-refractivity contribution in [2.24, 2.45) is 5.10 Å².